The Morgan fingerprint density at radius 2 is 2.08 bits per heavy atom. The molecule has 1 fully saturated rings. The molecule has 1 aliphatic rings. The molecule has 2 heterocycles. The fourth-order valence-electron chi connectivity index (χ4n) is 1.06. The molecule has 0 aliphatic carbocycles. The average molecular weight is 164 g/mol. The minimum absolute atomic E-state index is 0.152. The van der Waals surface area contributed by atoms with Crippen molar-refractivity contribution in [2.75, 3.05) is 0 Å². The molecule has 1 unspecified atom stereocenters. The molecule has 1 aromatic rings. The lowest BCUT2D eigenvalue weighted by molar-refractivity contribution is 0.247. The second-order valence-corrected chi connectivity index (χ2v) is 2.46. The third-order valence-electron chi connectivity index (χ3n) is 1.64. The summed E-state index contributed by atoms with van der Waals surface area (Å²) >= 11 is 0. The van der Waals surface area contributed by atoms with Crippen LogP contribution >= 0.6 is 0 Å². The van der Waals surface area contributed by atoms with Crippen LogP contribution in [0.4, 0.5) is 4.79 Å². The van der Waals surface area contributed by atoms with Gasteiger partial charge >= 0.3 is 6.03 Å². The van der Waals surface area contributed by atoms with Crippen LogP contribution in [0.3, 0.4) is 0 Å². The van der Waals surface area contributed by atoms with E-state index in [1.54, 1.807) is 12.4 Å². The van der Waals surface area contributed by atoms with Crippen LogP contribution in [-0.4, -0.2) is 11.0 Å². The van der Waals surface area contributed by atoms with Gasteiger partial charge in [-0.15, -0.1) is 0 Å². The molecule has 12 heavy (non-hydrogen) atoms. The van der Waals surface area contributed by atoms with Gasteiger partial charge in [-0.05, 0) is 17.7 Å². The number of hydrogen-bond acceptors (Lipinski definition) is 3. The lowest BCUT2D eigenvalue weighted by Gasteiger charge is -2.07. The van der Waals surface area contributed by atoms with E-state index in [9.17, 15) is 4.79 Å². The molecule has 1 atom stereocenters. The van der Waals surface area contributed by atoms with Gasteiger partial charge in [-0.2, -0.15) is 0 Å². The summed E-state index contributed by atoms with van der Waals surface area (Å²) in [5, 5.41) is 2.68. The Kier molecular flexibility index (Phi) is 1.64. The van der Waals surface area contributed by atoms with Gasteiger partial charge in [0.05, 0.1) is 0 Å². The van der Waals surface area contributed by atoms with Crippen LogP contribution in [0.25, 0.3) is 0 Å². The van der Waals surface area contributed by atoms with Crippen LogP contribution in [0.15, 0.2) is 24.5 Å². The zero-order valence-corrected chi connectivity index (χ0v) is 6.24. The fourth-order valence-corrected chi connectivity index (χ4v) is 1.06. The van der Waals surface area contributed by atoms with Crippen LogP contribution in [-0.2, 0) is 0 Å². The Morgan fingerprint density at radius 3 is 2.67 bits per heavy atom. The maximum absolute atomic E-state index is 10.7. The van der Waals surface area contributed by atoms with Crippen molar-refractivity contribution in [3.05, 3.63) is 30.1 Å². The van der Waals surface area contributed by atoms with E-state index in [1.807, 2.05) is 12.1 Å². The topological polar surface area (TPSA) is 66.0 Å². The average Bonchev–Trinajstić information content (AvgIpc) is 2.54. The van der Waals surface area contributed by atoms with Crippen molar-refractivity contribution in [3.63, 3.8) is 0 Å². The molecule has 0 bridgehead atoms. The highest BCUT2D eigenvalue weighted by molar-refractivity contribution is 5.75. The number of amides is 2. The van der Waals surface area contributed by atoms with Gasteiger partial charge < -0.3 is 5.32 Å². The Labute approximate surface area is 69.2 Å². The summed E-state index contributed by atoms with van der Waals surface area (Å²) in [7, 11) is 0. The number of nitrogens with one attached hydrogen (secondary N) is 3. The molecule has 2 rings (SSSR count). The molecular formula is C7H8N4O. The molecule has 0 aromatic carbocycles. The second kappa shape index (κ2) is 2.78. The van der Waals surface area contributed by atoms with Crippen molar-refractivity contribution in [1.29, 1.82) is 0 Å². The van der Waals surface area contributed by atoms with E-state index in [1.165, 1.54) is 0 Å². The van der Waals surface area contributed by atoms with E-state index >= 15 is 0 Å². The van der Waals surface area contributed by atoms with Gasteiger partial charge in [0.25, 0.3) is 0 Å². The maximum atomic E-state index is 10.7. The van der Waals surface area contributed by atoms with Crippen LogP contribution in [0.5, 0.6) is 0 Å². The third-order valence-corrected chi connectivity index (χ3v) is 1.64. The standard InChI is InChI=1S/C7H8N4O/c12-7-9-6(10-11-7)5-1-3-8-4-2-5/h1-4,6,10H,(H2,9,11,12). The fraction of sp³-hybridized carbons (Fsp3) is 0.143. The molecule has 0 saturated carbocycles. The quantitative estimate of drug-likeness (QED) is 0.543. The van der Waals surface area contributed by atoms with Gasteiger partial charge in [0, 0.05) is 12.4 Å². The summed E-state index contributed by atoms with van der Waals surface area (Å²) in [5.74, 6) is 0. The zero-order valence-electron chi connectivity index (χ0n) is 6.24. The number of hydrogen-bond donors (Lipinski definition) is 3. The molecule has 0 spiro atoms. The van der Waals surface area contributed by atoms with Gasteiger partial charge in [-0.1, -0.05) is 0 Å². The predicted molar refractivity (Wildman–Crippen MR) is 41.8 cm³/mol. The maximum Gasteiger partial charge on any atom is 0.330 e. The lowest BCUT2D eigenvalue weighted by Crippen LogP contribution is -2.26. The first-order chi connectivity index (χ1) is 5.86. The smallest absolute Gasteiger partial charge is 0.316 e. The SMILES string of the molecule is O=C1NNC(c2ccncc2)N1. The van der Waals surface area contributed by atoms with Crippen molar-refractivity contribution in [3.8, 4) is 0 Å². The van der Waals surface area contributed by atoms with Crippen molar-refractivity contribution in [2.45, 2.75) is 6.17 Å². The van der Waals surface area contributed by atoms with Crippen LogP contribution < -0.4 is 16.2 Å². The normalized spacial score (nSPS) is 21.7. The number of rotatable bonds is 1. The minimum Gasteiger partial charge on any atom is -0.316 e. The molecule has 2 amide bonds. The van der Waals surface area contributed by atoms with E-state index < -0.39 is 0 Å². The van der Waals surface area contributed by atoms with Crippen LogP contribution in [0.2, 0.25) is 0 Å². The summed E-state index contributed by atoms with van der Waals surface area (Å²) in [6, 6.07) is 3.47. The second-order valence-electron chi connectivity index (χ2n) is 2.46. The Morgan fingerprint density at radius 1 is 1.33 bits per heavy atom. The molecule has 1 aromatic heterocycles. The molecule has 1 aliphatic heterocycles. The molecule has 3 N–H and O–H groups in total. The van der Waals surface area contributed by atoms with Gasteiger partial charge in [-0.3, -0.25) is 10.4 Å². The zero-order chi connectivity index (χ0) is 8.39. The predicted octanol–water partition coefficient (Wildman–Crippen LogP) is -0.102. The lowest BCUT2D eigenvalue weighted by atomic mass is 10.2. The number of aromatic nitrogens is 1. The number of urea groups is 1. The molecule has 5 nitrogen and oxygen atoms in total. The van der Waals surface area contributed by atoms with Crippen LogP contribution in [0.1, 0.15) is 11.7 Å². The number of carbonyl (C=O) groups excluding carboxylic acids is 1. The number of carbonyl (C=O) groups is 1. The molecular weight excluding hydrogens is 156 g/mol. The van der Waals surface area contributed by atoms with E-state index in [2.05, 4.69) is 21.2 Å². The summed E-state index contributed by atoms with van der Waals surface area (Å²) in [6.45, 7) is 0. The summed E-state index contributed by atoms with van der Waals surface area (Å²) in [5.41, 5.74) is 6.21. The highest BCUT2D eigenvalue weighted by atomic mass is 16.2. The van der Waals surface area contributed by atoms with Crippen molar-refractivity contribution in [1.82, 2.24) is 21.2 Å². The first-order valence-corrected chi connectivity index (χ1v) is 3.58. The van der Waals surface area contributed by atoms with Crippen molar-refractivity contribution < 1.29 is 4.79 Å². The Balaban J connectivity index is 2.16. The van der Waals surface area contributed by atoms with Crippen molar-refractivity contribution >= 4 is 6.03 Å². The molecule has 0 radical (unpaired) electrons. The van der Waals surface area contributed by atoms with Gasteiger partial charge in [-0.25, -0.2) is 10.2 Å². The van der Waals surface area contributed by atoms with E-state index in [0.717, 1.165) is 5.56 Å². The summed E-state index contributed by atoms with van der Waals surface area (Å²) in [6.07, 6.45) is 3.21. The Hall–Kier alpha value is -1.62. The minimum atomic E-state index is -0.211. The number of pyridine rings is 1. The highest BCUT2D eigenvalue weighted by Crippen LogP contribution is 2.08. The highest BCUT2D eigenvalue weighted by Gasteiger charge is 2.19. The Bertz CT molecular complexity index is 287. The largest absolute Gasteiger partial charge is 0.330 e. The number of nitrogens with zero attached hydrogens (tertiary/aromatic N) is 1. The van der Waals surface area contributed by atoms with Crippen LogP contribution in [0, 0.1) is 0 Å². The monoisotopic (exact) mass is 164 g/mol. The van der Waals surface area contributed by atoms with E-state index in [4.69, 9.17) is 0 Å². The van der Waals surface area contributed by atoms with E-state index in [0.29, 0.717) is 0 Å². The van der Waals surface area contributed by atoms with E-state index in [-0.39, 0.29) is 12.2 Å². The first-order valence-electron chi connectivity index (χ1n) is 3.58. The first kappa shape index (κ1) is 7.05. The third kappa shape index (κ3) is 1.22. The van der Waals surface area contributed by atoms with Gasteiger partial charge in [0.2, 0.25) is 0 Å². The molecule has 1 saturated heterocycles. The molecule has 62 valence electrons. The van der Waals surface area contributed by atoms with Gasteiger partial charge in [0.15, 0.2) is 0 Å². The number of hydrazine groups is 1. The summed E-state index contributed by atoms with van der Waals surface area (Å²) < 4.78 is 0. The van der Waals surface area contributed by atoms with Crippen molar-refractivity contribution in [2.24, 2.45) is 0 Å². The summed E-state index contributed by atoms with van der Waals surface area (Å²) in [4.78, 5) is 14.6. The van der Waals surface area contributed by atoms with Gasteiger partial charge in [0.1, 0.15) is 6.17 Å². The molecule has 5 heteroatoms.